The predicted octanol–water partition coefficient (Wildman–Crippen LogP) is 0.751. The van der Waals surface area contributed by atoms with E-state index >= 15 is 0 Å². The zero-order valence-electron chi connectivity index (χ0n) is 9.74. The van der Waals surface area contributed by atoms with E-state index in [0.29, 0.717) is 6.61 Å². The van der Waals surface area contributed by atoms with Crippen LogP contribution in [0.4, 0.5) is 0 Å². The monoisotopic (exact) mass is 214 g/mol. The molecule has 0 bridgehead atoms. The van der Waals surface area contributed by atoms with Crippen LogP contribution in [-0.4, -0.2) is 42.6 Å². The number of carbonyl (C=O) groups is 1. The summed E-state index contributed by atoms with van der Waals surface area (Å²) in [6, 6.07) is 0.141. The largest absolute Gasteiger partial charge is 0.465 e. The number of rotatable bonds is 5. The Kier molecular flexibility index (Phi) is 5.05. The summed E-state index contributed by atoms with van der Waals surface area (Å²) in [4.78, 5) is 13.9. The van der Waals surface area contributed by atoms with Crippen LogP contribution in [-0.2, 0) is 9.53 Å². The third-order valence-electron chi connectivity index (χ3n) is 2.82. The van der Waals surface area contributed by atoms with Crippen LogP contribution in [0.25, 0.3) is 0 Å². The van der Waals surface area contributed by atoms with Gasteiger partial charge in [0.25, 0.3) is 0 Å². The molecule has 0 spiro atoms. The van der Waals surface area contributed by atoms with Crippen LogP contribution in [0.5, 0.6) is 0 Å². The second-order valence-corrected chi connectivity index (χ2v) is 4.10. The fraction of sp³-hybridized carbons (Fsp3) is 0.909. The van der Waals surface area contributed by atoms with Crippen molar-refractivity contribution in [2.75, 3.05) is 19.7 Å². The van der Waals surface area contributed by atoms with Gasteiger partial charge in [-0.05, 0) is 19.8 Å². The molecule has 2 atom stereocenters. The maximum absolute atomic E-state index is 11.7. The molecule has 1 saturated heterocycles. The van der Waals surface area contributed by atoms with Crippen molar-refractivity contribution in [2.24, 2.45) is 5.73 Å². The average molecular weight is 214 g/mol. The molecule has 1 aliphatic heterocycles. The van der Waals surface area contributed by atoms with Crippen LogP contribution >= 0.6 is 0 Å². The molecule has 2 N–H and O–H groups in total. The van der Waals surface area contributed by atoms with Crippen molar-refractivity contribution in [2.45, 2.75) is 45.2 Å². The van der Waals surface area contributed by atoms with Gasteiger partial charge >= 0.3 is 5.97 Å². The quantitative estimate of drug-likeness (QED) is 0.686. The van der Waals surface area contributed by atoms with Gasteiger partial charge in [0.2, 0.25) is 0 Å². The van der Waals surface area contributed by atoms with Crippen molar-refractivity contribution in [3.63, 3.8) is 0 Å². The van der Waals surface area contributed by atoms with Gasteiger partial charge in [0, 0.05) is 19.1 Å². The first kappa shape index (κ1) is 12.5. The summed E-state index contributed by atoms with van der Waals surface area (Å²) in [6.45, 7) is 6.13. The second kappa shape index (κ2) is 6.08. The molecule has 88 valence electrons. The van der Waals surface area contributed by atoms with E-state index in [2.05, 4.69) is 11.8 Å². The van der Waals surface area contributed by atoms with E-state index in [1.54, 1.807) is 0 Å². The van der Waals surface area contributed by atoms with Gasteiger partial charge in [-0.1, -0.05) is 13.3 Å². The Labute approximate surface area is 91.8 Å². The molecule has 0 amide bonds. The number of carbonyl (C=O) groups excluding carboxylic acids is 1. The Bertz CT molecular complexity index is 209. The van der Waals surface area contributed by atoms with Gasteiger partial charge in [0.05, 0.1) is 6.61 Å². The molecule has 1 fully saturated rings. The molecule has 4 nitrogen and oxygen atoms in total. The third kappa shape index (κ3) is 3.47. The van der Waals surface area contributed by atoms with Crippen molar-refractivity contribution < 1.29 is 9.53 Å². The van der Waals surface area contributed by atoms with Crippen LogP contribution < -0.4 is 5.73 Å². The summed E-state index contributed by atoms with van der Waals surface area (Å²) in [5.74, 6) is -0.0894. The summed E-state index contributed by atoms with van der Waals surface area (Å²) < 4.78 is 5.08. The Balaban J connectivity index is 2.52. The lowest BCUT2D eigenvalue weighted by Gasteiger charge is -2.25. The zero-order chi connectivity index (χ0) is 11.3. The fourth-order valence-corrected chi connectivity index (χ4v) is 2.06. The van der Waals surface area contributed by atoms with E-state index in [0.717, 1.165) is 32.4 Å². The average Bonchev–Trinajstić information content (AvgIpc) is 2.61. The molecule has 15 heavy (non-hydrogen) atoms. The summed E-state index contributed by atoms with van der Waals surface area (Å²) in [5, 5.41) is 0. The maximum Gasteiger partial charge on any atom is 0.323 e. The molecule has 0 aliphatic carbocycles. The SMILES string of the molecule is CCCC(C(=O)OCC)N1CC[C@@H](N)C1. The van der Waals surface area contributed by atoms with Gasteiger partial charge in [-0.15, -0.1) is 0 Å². The number of esters is 1. The van der Waals surface area contributed by atoms with E-state index in [9.17, 15) is 4.79 Å². The molecule has 4 heteroatoms. The zero-order valence-corrected chi connectivity index (χ0v) is 9.74. The highest BCUT2D eigenvalue weighted by Gasteiger charge is 2.31. The highest BCUT2D eigenvalue weighted by molar-refractivity contribution is 5.75. The minimum absolute atomic E-state index is 0.0801. The molecule has 0 aromatic carbocycles. The van der Waals surface area contributed by atoms with Crippen LogP contribution in [0.15, 0.2) is 0 Å². The first-order valence-corrected chi connectivity index (χ1v) is 5.85. The number of likely N-dealkylation sites (tertiary alicyclic amines) is 1. The van der Waals surface area contributed by atoms with Crippen LogP contribution in [0.3, 0.4) is 0 Å². The van der Waals surface area contributed by atoms with Crippen molar-refractivity contribution >= 4 is 5.97 Å². The predicted molar refractivity (Wildman–Crippen MR) is 59.5 cm³/mol. The Hall–Kier alpha value is -0.610. The maximum atomic E-state index is 11.7. The summed E-state index contributed by atoms with van der Waals surface area (Å²) in [5.41, 5.74) is 5.84. The second-order valence-electron chi connectivity index (χ2n) is 4.10. The Morgan fingerprint density at radius 1 is 1.60 bits per heavy atom. The number of hydrogen-bond acceptors (Lipinski definition) is 4. The summed E-state index contributed by atoms with van der Waals surface area (Å²) in [7, 11) is 0. The lowest BCUT2D eigenvalue weighted by atomic mass is 10.1. The Morgan fingerprint density at radius 3 is 2.80 bits per heavy atom. The van der Waals surface area contributed by atoms with Gasteiger partial charge < -0.3 is 10.5 Å². The molecule has 1 aliphatic rings. The first-order chi connectivity index (χ1) is 7.19. The first-order valence-electron chi connectivity index (χ1n) is 5.85. The molecular weight excluding hydrogens is 192 g/mol. The van der Waals surface area contributed by atoms with E-state index in [1.165, 1.54) is 0 Å². The smallest absolute Gasteiger partial charge is 0.323 e. The normalized spacial score (nSPS) is 24.1. The molecule has 1 rings (SSSR count). The van der Waals surface area contributed by atoms with Gasteiger partial charge in [-0.3, -0.25) is 9.69 Å². The van der Waals surface area contributed by atoms with Crippen molar-refractivity contribution in [3.8, 4) is 0 Å². The number of ether oxygens (including phenoxy) is 1. The van der Waals surface area contributed by atoms with Gasteiger partial charge in [0.15, 0.2) is 0 Å². The molecule has 1 heterocycles. The lowest BCUT2D eigenvalue weighted by Crippen LogP contribution is -2.42. The number of nitrogens with zero attached hydrogens (tertiary/aromatic N) is 1. The molecule has 0 radical (unpaired) electrons. The van der Waals surface area contributed by atoms with E-state index in [1.807, 2.05) is 6.92 Å². The molecular formula is C11H22N2O2. The van der Waals surface area contributed by atoms with Crippen molar-refractivity contribution in [1.82, 2.24) is 4.90 Å². The summed E-state index contributed by atoms with van der Waals surface area (Å²) >= 11 is 0. The Morgan fingerprint density at radius 2 is 2.33 bits per heavy atom. The minimum atomic E-state index is -0.0894. The van der Waals surface area contributed by atoms with Gasteiger partial charge in [-0.2, -0.15) is 0 Å². The van der Waals surface area contributed by atoms with Crippen molar-refractivity contribution in [3.05, 3.63) is 0 Å². The number of hydrogen-bond donors (Lipinski definition) is 1. The number of nitrogens with two attached hydrogens (primary N) is 1. The molecule has 0 saturated carbocycles. The van der Waals surface area contributed by atoms with Gasteiger partial charge in [0.1, 0.15) is 6.04 Å². The minimum Gasteiger partial charge on any atom is -0.465 e. The lowest BCUT2D eigenvalue weighted by molar-refractivity contribution is -0.149. The summed E-state index contributed by atoms with van der Waals surface area (Å²) in [6.07, 6.45) is 2.85. The third-order valence-corrected chi connectivity index (χ3v) is 2.82. The molecule has 0 aromatic heterocycles. The molecule has 1 unspecified atom stereocenters. The van der Waals surface area contributed by atoms with Crippen molar-refractivity contribution in [1.29, 1.82) is 0 Å². The standard InChI is InChI=1S/C11H22N2O2/c1-3-5-10(11(14)15-4-2)13-7-6-9(12)8-13/h9-10H,3-8,12H2,1-2H3/t9-,10?/m1/s1. The fourth-order valence-electron chi connectivity index (χ4n) is 2.06. The van der Waals surface area contributed by atoms with Gasteiger partial charge in [-0.25, -0.2) is 0 Å². The highest BCUT2D eigenvalue weighted by atomic mass is 16.5. The van der Waals surface area contributed by atoms with E-state index in [4.69, 9.17) is 10.5 Å². The molecule has 0 aromatic rings. The highest BCUT2D eigenvalue weighted by Crippen LogP contribution is 2.16. The topological polar surface area (TPSA) is 55.6 Å². The van der Waals surface area contributed by atoms with E-state index in [-0.39, 0.29) is 18.1 Å². The van der Waals surface area contributed by atoms with Crippen LogP contribution in [0.2, 0.25) is 0 Å². The van der Waals surface area contributed by atoms with Crippen LogP contribution in [0, 0.1) is 0 Å². The van der Waals surface area contributed by atoms with Crippen LogP contribution in [0.1, 0.15) is 33.1 Å². The van der Waals surface area contributed by atoms with E-state index < -0.39 is 0 Å².